The van der Waals surface area contributed by atoms with E-state index in [2.05, 4.69) is 26.1 Å². The Bertz CT molecular complexity index is 880. The van der Waals surface area contributed by atoms with Gasteiger partial charge in [0.05, 0.1) is 10.8 Å². The molecule has 24 heavy (non-hydrogen) atoms. The largest absolute Gasteiger partial charge is 0.305 e. The van der Waals surface area contributed by atoms with Crippen molar-refractivity contribution in [3.05, 3.63) is 63.6 Å². The third-order valence-electron chi connectivity index (χ3n) is 3.45. The molecule has 0 saturated heterocycles. The topological polar surface area (TPSA) is 47.8 Å². The van der Waals surface area contributed by atoms with Gasteiger partial charge in [-0.15, -0.1) is 10.2 Å². The third-order valence-corrected chi connectivity index (χ3v) is 5.33. The van der Waals surface area contributed by atoms with E-state index in [1.165, 1.54) is 11.8 Å². The Labute approximate surface area is 157 Å². The summed E-state index contributed by atoms with van der Waals surface area (Å²) >= 11 is 10.9. The highest BCUT2D eigenvalue weighted by atomic mass is 79.9. The predicted octanol–water partition coefficient (Wildman–Crippen LogP) is 4.87. The lowest BCUT2D eigenvalue weighted by Gasteiger charge is -2.05. The minimum Gasteiger partial charge on any atom is -0.305 e. The number of benzene rings is 2. The first-order valence-electron chi connectivity index (χ1n) is 7.12. The van der Waals surface area contributed by atoms with E-state index in [9.17, 15) is 4.79 Å². The lowest BCUT2D eigenvalue weighted by atomic mass is 10.2. The summed E-state index contributed by atoms with van der Waals surface area (Å²) in [6.07, 6.45) is 0. The van der Waals surface area contributed by atoms with E-state index in [0.717, 1.165) is 10.0 Å². The highest BCUT2D eigenvalue weighted by Crippen LogP contribution is 2.28. The van der Waals surface area contributed by atoms with Gasteiger partial charge in [0.15, 0.2) is 16.8 Å². The van der Waals surface area contributed by atoms with Crippen LogP contribution in [0.15, 0.2) is 58.2 Å². The highest BCUT2D eigenvalue weighted by molar-refractivity contribution is 9.10. The molecular formula is C17H13BrClN3OS. The molecule has 0 amide bonds. The van der Waals surface area contributed by atoms with Crippen LogP contribution >= 0.6 is 39.3 Å². The second kappa shape index (κ2) is 7.51. The van der Waals surface area contributed by atoms with E-state index in [1.54, 1.807) is 12.1 Å². The van der Waals surface area contributed by atoms with Crippen LogP contribution in [0.25, 0.3) is 11.4 Å². The van der Waals surface area contributed by atoms with Crippen LogP contribution in [0.2, 0.25) is 5.02 Å². The van der Waals surface area contributed by atoms with Gasteiger partial charge in [0.1, 0.15) is 0 Å². The number of hydrogen-bond acceptors (Lipinski definition) is 4. The lowest BCUT2D eigenvalue weighted by Crippen LogP contribution is -2.03. The van der Waals surface area contributed by atoms with E-state index in [0.29, 0.717) is 27.3 Å². The van der Waals surface area contributed by atoms with Gasteiger partial charge in [-0.2, -0.15) is 0 Å². The Morgan fingerprint density at radius 3 is 2.58 bits per heavy atom. The summed E-state index contributed by atoms with van der Waals surface area (Å²) in [6.45, 7) is 0. The van der Waals surface area contributed by atoms with Crippen molar-refractivity contribution in [2.75, 3.05) is 5.75 Å². The number of rotatable bonds is 5. The van der Waals surface area contributed by atoms with Crippen molar-refractivity contribution in [2.24, 2.45) is 7.05 Å². The molecule has 2 aromatic carbocycles. The predicted molar refractivity (Wildman–Crippen MR) is 101 cm³/mol. The molecule has 0 spiro atoms. The van der Waals surface area contributed by atoms with Crippen LogP contribution in [0.3, 0.4) is 0 Å². The van der Waals surface area contributed by atoms with Gasteiger partial charge in [-0.25, -0.2) is 0 Å². The Morgan fingerprint density at radius 1 is 1.17 bits per heavy atom. The van der Waals surface area contributed by atoms with Crippen LogP contribution in [0.1, 0.15) is 10.4 Å². The summed E-state index contributed by atoms with van der Waals surface area (Å²) in [6, 6.07) is 14.8. The first-order valence-corrected chi connectivity index (χ1v) is 9.28. The van der Waals surface area contributed by atoms with Crippen LogP contribution < -0.4 is 0 Å². The smallest absolute Gasteiger partial charge is 0.191 e. The summed E-state index contributed by atoms with van der Waals surface area (Å²) in [7, 11) is 1.87. The van der Waals surface area contributed by atoms with E-state index in [4.69, 9.17) is 11.6 Å². The molecular weight excluding hydrogens is 410 g/mol. The van der Waals surface area contributed by atoms with Gasteiger partial charge in [-0.3, -0.25) is 4.79 Å². The maximum atomic E-state index is 12.3. The van der Waals surface area contributed by atoms with Gasteiger partial charge < -0.3 is 4.57 Å². The maximum Gasteiger partial charge on any atom is 0.191 e. The minimum absolute atomic E-state index is 0.0507. The van der Waals surface area contributed by atoms with Crippen molar-refractivity contribution >= 4 is 45.1 Å². The second-order valence-corrected chi connectivity index (χ2v) is 7.33. The fraction of sp³-hybridized carbons (Fsp3) is 0.118. The number of halogens is 2. The van der Waals surface area contributed by atoms with Gasteiger partial charge >= 0.3 is 0 Å². The molecule has 1 heterocycles. The van der Waals surface area contributed by atoms with Crippen LogP contribution in [0, 0.1) is 0 Å². The van der Waals surface area contributed by atoms with E-state index >= 15 is 0 Å². The second-order valence-electron chi connectivity index (χ2n) is 5.06. The normalized spacial score (nSPS) is 10.8. The molecule has 0 fully saturated rings. The number of thioether (sulfide) groups is 1. The zero-order valence-electron chi connectivity index (χ0n) is 12.7. The van der Waals surface area contributed by atoms with Gasteiger partial charge in [-0.1, -0.05) is 63.6 Å². The van der Waals surface area contributed by atoms with Crippen LogP contribution in [-0.4, -0.2) is 26.3 Å². The fourth-order valence-corrected chi connectivity index (χ4v) is 3.46. The molecule has 3 aromatic rings. The van der Waals surface area contributed by atoms with Crippen molar-refractivity contribution in [1.29, 1.82) is 0 Å². The molecule has 7 heteroatoms. The maximum absolute atomic E-state index is 12.3. The van der Waals surface area contributed by atoms with Crippen molar-refractivity contribution < 1.29 is 4.79 Å². The van der Waals surface area contributed by atoms with Gasteiger partial charge in [0.2, 0.25) is 0 Å². The number of ketones is 1. The summed E-state index contributed by atoms with van der Waals surface area (Å²) in [5, 5.41) is 9.67. The number of carbonyl (C=O) groups excluding carboxylic acids is 1. The van der Waals surface area contributed by atoms with Gasteiger partial charge in [0, 0.05) is 22.6 Å². The summed E-state index contributed by atoms with van der Waals surface area (Å²) in [5.41, 5.74) is 1.50. The Morgan fingerprint density at radius 2 is 1.88 bits per heavy atom. The number of carbonyl (C=O) groups is 1. The van der Waals surface area contributed by atoms with Crippen LogP contribution in [-0.2, 0) is 7.05 Å². The first-order chi connectivity index (χ1) is 11.6. The molecule has 122 valence electrons. The molecule has 0 atom stereocenters. The molecule has 0 bridgehead atoms. The minimum atomic E-state index is 0.0507. The summed E-state index contributed by atoms with van der Waals surface area (Å²) in [5.74, 6) is 1.03. The Kier molecular flexibility index (Phi) is 5.38. The van der Waals surface area contributed by atoms with Gasteiger partial charge in [0.25, 0.3) is 0 Å². The van der Waals surface area contributed by atoms with Crippen molar-refractivity contribution in [1.82, 2.24) is 14.8 Å². The Hall–Kier alpha value is -1.63. The average Bonchev–Trinajstić information content (AvgIpc) is 2.94. The van der Waals surface area contributed by atoms with Gasteiger partial charge in [-0.05, 0) is 24.3 Å². The monoisotopic (exact) mass is 421 g/mol. The first kappa shape index (κ1) is 17.2. The van der Waals surface area contributed by atoms with E-state index in [1.807, 2.05) is 48.0 Å². The quantitative estimate of drug-likeness (QED) is 0.434. The molecule has 0 saturated carbocycles. The lowest BCUT2D eigenvalue weighted by molar-refractivity contribution is 0.102. The summed E-state index contributed by atoms with van der Waals surface area (Å²) < 4.78 is 2.80. The zero-order chi connectivity index (χ0) is 17.1. The molecule has 0 aliphatic heterocycles. The molecule has 1 aromatic heterocycles. The molecule has 3 rings (SSSR count). The van der Waals surface area contributed by atoms with E-state index < -0.39 is 0 Å². The SMILES string of the molecule is Cn1c(SCC(=O)c2ccc(Br)cc2)nnc1-c1ccccc1Cl. The van der Waals surface area contributed by atoms with Crippen molar-refractivity contribution in [2.45, 2.75) is 5.16 Å². The number of aromatic nitrogens is 3. The number of Topliss-reactive ketones (excluding diaryl/α,β-unsaturated/α-hetero) is 1. The third kappa shape index (κ3) is 3.71. The molecule has 0 aliphatic rings. The van der Waals surface area contributed by atoms with Crippen molar-refractivity contribution in [3.63, 3.8) is 0 Å². The van der Waals surface area contributed by atoms with Crippen LogP contribution in [0.5, 0.6) is 0 Å². The zero-order valence-corrected chi connectivity index (χ0v) is 15.9. The molecule has 0 aliphatic carbocycles. The molecule has 0 unspecified atom stereocenters. The van der Waals surface area contributed by atoms with Crippen LogP contribution in [0.4, 0.5) is 0 Å². The number of nitrogens with zero attached hydrogens (tertiary/aromatic N) is 3. The summed E-state index contributed by atoms with van der Waals surface area (Å²) in [4.78, 5) is 12.3. The standard InChI is InChI=1S/C17H13BrClN3OS/c1-22-16(13-4-2-3-5-14(13)19)20-21-17(22)24-10-15(23)11-6-8-12(18)9-7-11/h2-9H,10H2,1H3. The van der Waals surface area contributed by atoms with Crippen molar-refractivity contribution in [3.8, 4) is 11.4 Å². The molecule has 4 nitrogen and oxygen atoms in total. The Balaban J connectivity index is 1.74. The average molecular weight is 423 g/mol. The highest BCUT2D eigenvalue weighted by Gasteiger charge is 2.15. The molecule has 0 radical (unpaired) electrons. The van der Waals surface area contributed by atoms with E-state index in [-0.39, 0.29) is 5.78 Å². The fourth-order valence-electron chi connectivity index (χ4n) is 2.17. The number of hydrogen-bond donors (Lipinski definition) is 0. The molecule has 0 N–H and O–H groups in total.